The number of aromatic amines is 1. The third-order valence-corrected chi connectivity index (χ3v) is 6.31. The van der Waals surface area contributed by atoms with Crippen LogP contribution < -0.4 is 10.6 Å². The predicted octanol–water partition coefficient (Wildman–Crippen LogP) is 3.58. The van der Waals surface area contributed by atoms with E-state index in [9.17, 15) is 9.90 Å². The molecule has 9 heteroatoms. The third-order valence-electron chi connectivity index (χ3n) is 6.31. The molecular formula is C25H26N6O3. The fourth-order valence-electron chi connectivity index (χ4n) is 4.62. The number of H-pyrrole nitrogens is 1. The van der Waals surface area contributed by atoms with Crippen molar-refractivity contribution >= 4 is 27.6 Å². The second-order valence-corrected chi connectivity index (χ2v) is 8.48. The first-order valence-corrected chi connectivity index (χ1v) is 11.1. The van der Waals surface area contributed by atoms with Gasteiger partial charge in [0.15, 0.2) is 0 Å². The first-order chi connectivity index (χ1) is 16.4. The van der Waals surface area contributed by atoms with Crippen molar-refractivity contribution in [2.24, 2.45) is 0 Å². The number of imidazole rings is 1. The van der Waals surface area contributed by atoms with Gasteiger partial charge in [0, 0.05) is 42.0 Å². The summed E-state index contributed by atoms with van der Waals surface area (Å²) in [6.45, 7) is 6.19. The minimum atomic E-state index is -0.283. The first-order valence-electron chi connectivity index (χ1n) is 11.1. The maximum atomic E-state index is 13.0. The van der Waals surface area contributed by atoms with Gasteiger partial charge >= 0.3 is 5.69 Å². The second-order valence-electron chi connectivity index (χ2n) is 8.48. The molecule has 0 bridgehead atoms. The fourth-order valence-corrected chi connectivity index (χ4v) is 4.62. The molecule has 34 heavy (non-hydrogen) atoms. The predicted molar refractivity (Wildman–Crippen MR) is 131 cm³/mol. The molecule has 0 aliphatic rings. The largest absolute Gasteiger partial charge is 0.395 e. The highest BCUT2D eigenvalue weighted by Gasteiger charge is 2.22. The van der Waals surface area contributed by atoms with Gasteiger partial charge in [0.1, 0.15) is 5.76 Å². The summed E-state index contributed by atoms with van der Waals surface area (Å²) in [5, 5.41) is 14.6. The van der Waals surface area contributed by atoms with Crippen molar-refractivity contribution < 1.29 is 9.63 Å². The lowest BCUT2D eigenvalue weighted by Gasteiger charge is -2.23. The quantitative estimate of drug-likeness (QED) is 0.400. The monoisotopic (exact) mass is 458 g/mol. The van der Waals surface area contributed by atoms with Crippen molar-refractivity contribution in [3.63, 3.8) is 0 Å². The molecular weight excluding hydrogens is 432 g/mol. The highest BCUT2D eigenvalue weighted by molar-refractivity contribution is 6.06. The Bertz CT molecular complexity index is 1530. The fraction of sp³-hybridized carbons (Fsp3) is 0.280. The van der Waals surface area contributed by atoms with Crippen LogP contribution in [-0.4, -0.2) is 50.0 Å². The Kier molecular flexibility index (Phi) is 5.41. The van der Waals surface area contributed by atoms with Crippen molar-refractivity contribution in [2.45, 2.75) is 26.8 Å². The van der Waals surface area contributed by atoms with Crippen molar-refractivity contribution in [2.75, 3.05) is 25.1 Å². The van der Waals surface area contributed by atoms with E-state index in [0.29, 0.717) is 17.8 Å². The Morgan fingerprint density at radius 1 is 1.24 bits per heavy atom. The van der Waals surface area contributed by atoms with Gasteiger partial charge in [0.2, 0.25) is 0 Å². The normalized spacial score (nSPS) is 12.5. The van der Waals surface area contributed by atoms with Crippen LogP contribution in [0.15, 0.2) is 52.0 Å². The average Bonchev–Trinajstić information content (AvgIpc) is 3.36. The molecule has 0 aliphatic heterocycles. The molecule has 0 amide bonds. The second kappa shape index (κ2) is 8.42. The molecule has 174 valence electrons. The van der Waals surface area contributed by atoms with E-state index in [1.54, 1.807) is 17.0 Å². The summed E-state index contributed by atoms with van der Waals surface area (Å²) < 4.78 is 7.16. The van der Waals surface area contributed by atoms with Crippen LogP contribution in [0.25, 0.3) is 33.1 Å². The maximum absolute atomic E-state index is 13.0. The highest BCUT2D eigenvalue weighted by atomic mass is 16.5. The molecule has 0 fully saturated rings. The molecule has 0 saturated heterocycles. The van der Waals surface area contributed by atoms with E-state index in [0.717, 1.165) is 44.6 Å². The summed E-state index contributed by atoms with van der Waals surface area (Å²) in [5.41, 5.74) is 6.20. The number of pyridine rings is 2. The number of rotatable bonds is 6. The van der Waals surface area contributed by atoms with E-state index in [4.69, 9.17) is 4.52 Å². The lowest BCUT2D eigenvalue weighted by atomic mass is 9.98. The number of nitrogens with zero attached hydrogens (tertiary/aromatic N) is 5. The van der Waals surface area contributed by atoms with Gasteiger partial charge in [-0.25, -0.2) is 4.79 Å². The van der Waals surface area contributed by atoms with E-state index in [-0.39, 0.29) is 18.3 Å². The molecule has 4 aromatic heterocycles. The van der Waals surface area contributed by atoms with Gasteiger partial charge in [-0.1, -0.05) is 11.2 Å². The van der Waals surface area contributed by atoms with Gasteiger partial charge < -0.3 is 19.5 Å². The van der Waals surface area contributed by atoms with Crippen molar-refractivity contribution in [1.29, 1.82) is 0 Å². The molecule has 5 aromatic rings. The van der Waals surface area contributed by atoms with Gasteiger partial charge in [-0.15, -0.1) is 0 Å². The molecule has 5 rings (SSSR count). The number of aliphatic hydroxyl groups is 1. The van der Waals surface area contributed by atoms with Crippen LogP contribution in [0.4, 0.5) is 5.69 Å². The Morgan fingerprint density at radius 3 is 2.74 bits per heavy atom. The molecule has 1 atom stereocenters. The van der Waals surface area contributed by atoms with Crippen LogP contribution in [0.2, 0.25) is 0 Å². The molecule has 1 unspecified atom stereocenters. The Hall–Kier alpha value is -3.98. The van der Waals surface area contributed by atoms with E-state index in [2.05, 4.69) is 20.1 Å². The molecule has 1 aromatic carbocycles. The molecule has 2 N–H and O–H groups in total. The van der Waals surface area contributed by atoms with E-state index in [1.165, 1.54) is 0 Å². The van der Waals surface area contributed by atoms with Gasteiger partial charge in [-0.2, -0.15) is 0 Å². The molecule has 0 radical (unpaired) electrons. The SMILES string of the molecule is Cc1noc(C)c1-c1cc2ncc3[nH]c(=O)n(C(C)c4ccccn4)c3c2cc1N(C)CCO. The lowest BCUT2D eigenvalue weighted by Crippen LogP contribution is -2.22. The standard InChI is InChI=1S/C25H26N6O3/c1-14-23(16(3)34-29-14)18-11-20-17(12-22(18)30(4)9-10-32)24-21(13-27-20)28-25(33)31(24)15(2)19-7-5-6-8-26-19/h5-8,11-13,15,32H,9-10H2,1-4H3,(H,28,33). The zero-order valence-electron chi connectivity index (χ0n) is 19.5. The number of benzene rings is 1. The van der Waals surface area contributed by atoms with E-state index < -0.39 is 0 Å². The number of hydrogen-bond donors (Lipinski definition) is 2. The number of anilines is 1. The summed E-state index contributed by atoms with van der Waals surface area (Å²) >= 11 is 0. The van der Waals surface area contributed by atoms with Crippen LogP contribution in [0.3, 0.4) is 0 Å². The Labute approximate surface area is 195 Å². The number of aliphatic hydroxyl groups excluding tert-OH is 1. The number of hydrogen-bond acceptors (Lipinski definition) is 7. The third kappa shape index (κ3) is 3.45. The minimum absolute atomic E-state index is 0.00357. The average molecular weight is 459 g/mol. The summed E-state index contributed by atoms with van der Waals surface area (Å²) in [4.78, 5) is 27.1. The van der Waals surface area contributed by atoms with E-state index in [1.807, 2.05) is 63.1 Å². The van der Waals surface area contributed by atoms with Crippen LogP contribution in [0.5, 0.6) is 0 Å². The highest BCUT2D eigenvalue weighted by Crippen LogP contribution is 2.39. The maximum Gasteiger partial charge on any atom is 0.327 e. The summed E-state index contributed by atoms with van der Waals surface area (Å²) in [6.07, 6.45) is 3.41. The Balaban J connectivity index is 1.83. The van der Waals surface area contributed by atoms with Crippen LogP contribution in [0, 0.1) is 13.8 Å². The van der Waals surface area contributed by atoms with Crippen molar-refractivity contribution in [3.8, 4) is 11.1 Å². The van der Waals surface area contributed by atoms with E-state index >= 15 is 0 Å². The molecule has 4 heterocycles. The number of aryl methyl sites for hydroxylation is 2. The molecule has 0 aliphatic carbocycles. The van der Waals surface area contributed by atoms with Gasteiger partial charge in [-0.3, -0.25) is 14.5 Å². The number of aromatic nitrogens is 5. The van der Waals surface area contributed by atoms with Gasteiger partial charge in [-0.05, 0) is 45.0 Å². The number of nitrogens with one attached hydrogen (secondary N) is 1. The summed E-state index contributed by atoms with van der Waals surface area (Å²) in [7, 11) is 1.92. The van der Waals surface area contributed by atoms with Crippen LogP contribution >= 0.6 is 0 Å². The Morgan fingerprint density at radius 2 is 2.06 bits per heavy atom. The number of fused-ring (bicyclic) bond motifs is 3. The molecule has 9 nitrogen and oxygen atoms in total. The van der Waals surface area contributed by atoms with Gasteiger partial charge in [0.05, 0.1) is 46.8 Å². The summed E-state index contributed by atoms with van der Waals surface area (Å²) in [6, 6.07) is 9.42. The van der Waals surface area contributed by atoms with Crippen LogP contribution in [0.1, 0.15) is 30.1 Å². The first kappa shape index (κ1) is 21.8. The summed E-state index contributed by atoms with van der Waals surface area (Å²) in [5.74, 6) is 0.707. The zero-order chi connectivity index (χ0) is 24.0. The smallest absolute Gasteiger partial charge is 0.327 e. The van der Waals surface area contributed by atoms with Gasteiger partial charge in [0.25, 0.3) is 0 Å². The zero-order valence-corrected chi connectivity index (χ0v) is 19.5. The van der Waals surface area contributed by atoms with Crippen molar-refractivity contribution in [1.82, 2.24) is 24.7 Å². The number of likely N-dealkylation sites (N-methyl/N-ethyl adjacent to an activating group) is 1. The topological polar surface area (TPSA) is 113 Å². The lowest BCUT2D eigenvalue weighted by molar-refractivity contribution is 0.304. The molecule has 0 saturated carbocycles. The van der Waals surface area contributed by atoms with Crippen molar-refractivity contribution in [3.05, 3.63) is 70.4 Å². The van der Waals surface area contributed by atoms with Crippen LogP contribution in [-0.2, 0) is 0 Å². The minimum Gasteiger partial charge on any atom is -0.395 e. The molecule has 0 spiro atoms.